The van der Waals surface area contributed by atoms with Crippen LogP contribution in [0.2, 0.25) is 0 Å². The summed E-state index contributed by atoms with van der Waals surface area (Å²) in [6.45, 7) is 1.73. The second-order valence-electron chi connectivity index (χ2n) is 4.53. The lowest BCUT2D eigenvalue weighted by molar-refractivity contribution is 0.0828. The smallest absolute Gasteiger partial charge is 0.294 e. The highest BCUT2D eigenvalue weighted by Crippen LogP contribution is 2.17. The zero-order valence-corrected chi connectivity index (χ0v) is 11.5. The van der Waals surface area contributed by atoms with Crippen molar-refractivity contribution >= 4 is 17.5 Å². The second kappa shape index (κ2) is 5.56. The predicted molar refractivity (Wildman–Crippen MR) is 73.7 cm³/mol. The van der Waals surface area contributed by atoms with Gasteiger partial charge in [-0.15, -0.1) is 0 Å². The van der Waals surface area contributed by atoms with Crippen LogP contribution in [0.25, 0.3) is 0 Å². The van der Waals surface area contributed by atoms with Crippen LogP contribution in [-0.2, 0) is 0 Å². The number of aryl methyl sites for hydroxylation is 1. The highest BCUT2D eigenvalue weighted by molar-refractivity contribution is 6.07. The number of anilines is 1. The average molecular weight is 273 g/mol. The van der Waals surface area contributed by atoms with Crippen molar-refractivity contribution in [1.82, 2.24) is 10.1 Å². The van der Waals surface area contributed by atoms with Gasteiger partial charge in [0.15, 0.2) is 0 Å². The summed E-state index contributed by atoms with van der Waals surface area (Å²) in [5.74, 6) is -0.520. The van der Waals surface area contributed by atoms with Gasteiger partial charge in [0.2, 0.25) is 5.76 Å². The molecule has 0 aliphatic rings. The minimum absolute atomic E-state index is 0.106. The van der Waals surface area contributed by atoms with Gasteiger partial charge < -0.3 is 14.7 Å². The van der Waals surface area contributed by atoms with Crippen LogP contribution in [0.4, 0.5) is 5.69 Å². The van der Waals surface area contributed by atoms with E-state index in [0.717, 1.165) is 0 Å². The molecular weight excluding hydrogens is 258 g/mol. The molecule has 0 atom stereocenters. The minimum atomic E-state index is -0.440. The molecule has 0 aliphatic carbocycles. The Labute approximate surface area is 116 Å². The molecule has 0 fully saturated rings. The Morgan fingerprint density at radius 3 is 2.55 bits per heavy atom. The van der Waals surface area contributed by atoms with Crippen LogP contribution >= 0.6 is 0 Å². The summed E-state index contributed by atoms with van der Waals surface area (Å²) in [5, 5.41) is 6.31. The van der Waals surface area contributed by atoms with E-state index < -0.39 is 5.91 Å². The van der Waals surface area contributed by atoms with E-state index in [-0.39, 0.29) is 11.7 Å². The number of benzene rings is 1. The summed E-state index contributed by atoms with van der Waals surface area (Å²) in [6.07, 6.45) is 0. The minimum Gasteiger partial charge on any atom is -0.351 e. The molecule has 20 heavy (non-hydrogen) atoms. The zero-order chi connectivity index (χ0) is 14.7. The van der Waals surface area contributed by atoms with E-state index in [1.54, 1.807) is 45.3 Å². The van der Waals surface area contributed by atoms with Gasteiger partial charge in [-0.2, -0.15) is 0 Å². The summed E-state index contributed by atoms with van der Waals surface area (Å²) in [4.78, 5) is 25.5. The van der Waals surface area contributed by atoms with E-state index in [1.165, 1.54) is 11.0 Å². The Kier molecular flexibility index (Phi) is 3.84. The first-order valence-corrected chi connectivity index (χ1v) is 6.04. The number of nitrogens with one attached hydrogen (secondary N) is 1. The molecule has 2 aromatic rings. The van der Waals surface area contributed by atoms with Gasteiger partial charge in [-0.25, -0.2) is 0 Å². The van der Waals surface area contributed by atoms with Crippen LogP contribution < -0.4 is 5.32 Å². The van der Waals surface area contributed by atoms with Crippen LogP contribution in [0.1, 0.15) is 26.6 Å². The molecular formula is C14H15N3O3. The maximum absolute atomic E-state index is 12.0. The van der Waals surface area contributed by atoms with Gasteiger partial charge in [0.1, 0.15) is 0 Å². The number of carbonyl (C=O) groups excluding carboxylic acids is 2. The summed E-state index contributed by atoms with van der Waals surface area (Å²) in [5.41, 5.74) is 1.47. The fourth-order valence-corrected chi connectivity index (χ4v) is 1.67. The van der Waals surface area contributed by atoms with Crippen molar-refractivity contribution in [3.8, 4) is 0 Å². The third kappa shape index (κ3) is 2.85. The first kappa shape index (κ1) is 13.8. The van der Waals surface area contributed by atoms with Gasteiger partial charge in [-0.3, -0.25) is 9.59 Å². The highest BCUT2D eigenvalue weighted by Gasteiger charge is 2.17. The van der Waals surface area contributed by atoms with E-state index in [4.69, 9.17) is 4.52 Å². The summed E-state index contributed by atoms with van der Waals surface area (Å²) in [6, 6.07) is 8.34. The van der Waals surface area contributed by atoms with E-state index in [0.29, 0.717) is 16.9 Å². The van der Waals surface area contributed by atoms with Gasteiger partial charge in [-0.05, 0) is 19.1 Å². The van der Waals surface area contributed by atoms with Crippen molar-refractivity contribution in [1.29, 1.82) is 0 Å². The number of carbonyl (C=O) groups is 2. The molecule has 2 rings (SSSR count). The number of hydrogen-bond donors (Lipinski definition) is 1. The van der Waals surface area contributed by atoms with Crippen molar-refractivity contribution in [2.75, 3.05) is 19.4 Å². The Hall–Kier alpha value is -2.63. The van der Waals surface area contributed by atoms with Gasteiger partial charge >= 0.3 is 0 Å². The SMILES string of the molecule is Cc1cc(C(=O)Nc2ccccc2C(=O)N(C)C)on1. The van der Waals surface area contributed by atoms with Gasteiger partial charge in [0.05, 0.1) is 16.9 Å². The fraction of sp³-hybridized carbons (Fsp3) is 0.214. The van der Waals surface area contributed by atoms with Crippen LogP contribution in [0.15, 0.2) is 34.9 Å². The first-order valence-electron chi connectivity index (χ1n) is 6.04. The van der Waals surface area contributed by atoms with E-state index in [1.807, 2.05) is 0 Å². The third-order valence-electron chi connectivity index (χ3n) is 2.66. The molecule has 104 valence electrons. The van der Waals surface area contributed by atoms with Crippen LogP contribution in [0, 0.1) is 6.92 Å². The standard InChI is InChI=1S/C14H15N3O3/c1-9-8-12(20-16-9)13(18)15-11-7-5-4-6-10(11)14(19)17(2)3/h4-8H,1-3H3,(H,15,18). The van der Waals surface area contributed by atoms with Gasteiger partial charge in [0.25, 0.3) is 11.8 Å². The molecule has 1 aromatic carbocycles. The van der Waals surface area contributed by atoms with Crippen molar-refractivity contribution in [2.24, 2.45) is 0 Å². The molecule has 2 amide bonds. The number of hydrogen-bond acceptors (Lipinski definition) is 4. The lowest BCUT2D eigenvalue weighted by Crippen LogP contribution is -2.24. The third-order valence-corrected chi connectivity index (χ3v) is 2.66. The van der Waals surface area contributed by atoms with E-state index in [9.17, 15) is 9.59 Å². The number of nitrogens with zero attached hydrogens (tertiary/aromatic N) is 2. The monoisotopic (exact) mass is 273 g/mol. The van der Waals surface area contributed by atoms with Crippen LogP contribution in [0.5, 0.6) is 0 Å². The lowest BCUT2D eigenvalue weighted by Gasteiger charge is -2.14. The largest absolute Gasteiger partial charge is 0.351 e. The summed E-state index contributed by atoms with van der Waals surface area (Å²) < 4.78 is 4.89. The molecule has 1 aromatic heterocycles. The topological polar surface area (TPSA) is 75.4 Å². The Morgan fingerprint density at radius 2 is 1.95 bits per heavy atom. The van der Waals surface area contributed by atoms with Gasteiger partial charge in [0, 0.05) is 20.2 Å². The van der Waals surface area contributed by atoms with Crippen molar-refractivity contribution in [3.63, 3.8) is 0 Å². The Morgan fingerprint density at radius 1 is 1.25 bits per heavy atom. The number of aromatic nitrogens is 1. The maximum Gasteiger partial charge on any atom is 0.294 e. The Balaban J connectivity index is 2.26. The van der Waals surface area contributed by atoms with E-state index in [2.05, 4.69) is 10.5 Å². The number of amides is 2. The van der Waals surface area contributed by atoms with Crippen LogP contribution in [0.3, 0.4) is 0 Å². The van der Waals surface area contributed by atoms with Crippen LogP contribution in [-0.4, -0.2) is 36.0 Å². The lowest BCUT2D eigenvalue weighted by atomic mass is 10.1. The Bertz CT molecular complexity index is 647. The average Bonchev–Trinajstić information content (AvgIpc) is 2.85. The zero-order valence-electron chi connectivity index (χ0n) is 11.5. The maximum atomic E-state index is 12.0. The van der Waals surface area contributed by atoms with Gasteiger partial charge in [-0.1, -0.05) is 17.3 Å². The van der Waals surface area contributed by atoms with Crippen molar-refractivity contribution in [2.45, 2.75) is 6.92 Å². The van der Waals surface area contributed by atoms with E-state index >= 15 is 0 Å². The summed E-state index contributed by atoms with van der Waals surface area (Å²) in [7, 11) is 3.31. The molecule has 6 nitrogen and oxygen atoms in total. The molecule has 0 saturated heterocycles. The molecule has 6 heteroatoms. The predicted octanol–water partition coefficient (Wildman–Crippen LogP) is 1.94. The summed E-state index contributed by atoms with van der Waals surface area (Å²) >= 11 is 0. The van der Waals surface area contributed by atoms with Crippen molar-refractivity contribution < 1.29 is 14.1 Å². The molecule has 0 radical (unpaired) electrons. The molecule has 1 heterocycles. The molecule has 0 spiro atoms. The number of rotatable bonds is 3. The fourth-order valence-electron chi connectivity index (χ4n) is 1.67. The normalized spacial score (nSPS) is 10.2. The first-order chi connectivity index (χ1) is 9.49. The molecule has 0 bridgehead atoms. The molecule has 1 N–H and O–H groups in total. The quantitative estimate of drug-likeness (QED) is 0.927. The highest BCUT2D eigenvalue weighted by atomic mass is 16.5. The number of para-hydroxylation sites is 1. The second-order valence-corrected chi connectivity index (χ2v) is 4.53. The molecule has 0 unspecified atom stereocenters. The van der Waals surface area contributed by atoms with Crippen molar-refractivity contribution in [3.05, 3.63) is 47.3 Å². The molecule has 0 saturated carbocycles. The molecule has 0 aliphatic heterocycles.